The van der Waals surface area contributed by atoms with Crippen LogP contribution in [0.1, 0.15) is 15.2 Å². The monoisotopic (exact) mass is 422 g/mol. The molecule has 9 nitrogen and oxygen atoms in total. The SMILES string of the molecule is C=C1C(=O)c2sc3cc(S(=O)(=O)O)c(S(=O)(=O)O)cc3c2C1=C(C#N)C#N. The number of hydrogen-bond donors (Lipinski definition) is 2. The predicted molar refractivity (Wildman–Crippen MR) is 93.1 cm³/mol. The Labute approximate surface area is 156 Å². The van der Waals surface area contributed by atoms with E-state index in [-0.39, 0.29) is 31.7 Å². The molecule has 0 radical (unpaired) electrons. The number of rotatable bonds is 2. The van der Waals surface area contributed by atoms with E-state index in [0.29, 0.717) is 0 Å². The van der Waals surface area contributed by atoms with Crippen molar-refractivity contribution in [3.8, 4) is 12.1 Å². The van der Waals surface area contributed by atoms with Crippen LogP contribution >= 0.6 is 11.3 Å². The second-order valence-corrected chi connectivity index (χ2v) is 9.16. The Hall–Kier alpha value is -2.87. The van der Waals surface area contributed by atoms with Crippen LogP contribution in [0.25, 0.3) is 15.7 Å². The maximum Gasteiger partial charge on any atom is 0.295 e. The van der Waals surface area contributed by atoms with E-state index in [4.69, 9.17) is 10.5 Å². The largest absolute Gasteiger partial charge is 0.295 e. The molecule has 2 N–H and O–H groups in total. The molecule has 0 spiro atoms. The van der Waals surface area contributed by atoms with Gasteiger partial charge in [0.2, 0.25) is 5.78 Å². The van der Waals surface area contributed by atoms with Crippen molar-refractivity contribution in [2.45, 2.75) is 9.79 Å². The number of thiophene rings is 1. The van der Waals surface area contributed by atoms with E-state index in [1.165, 1.54) is 0 Å². The first kappa shape index (κ1) is 18.9. The van der Waals surface area contributed by atoms with Crippen molar-refractivity contribution in [3.63, 3.8) is 0 Å². The van der Waals surface area contributed by atoms with Gasteiger partial charge in [-0.3, -0.25) is 13.9 Å². The first-order valence-corrected chi connectivity index (χ1v) is 10.5. The van der Waals surface area contributed by atoms with E-state index in [0.717, 1.165) is 23.5 Å². The smallest absolute Gasteiger partial charge is 0.288 e. The quantitative estimate of drug-likeness (QED) is 0.416. The molecule has 27 heavy (non-hydrogen) atoms. The number of carbonyl (C=O) groups is 1. The predicted octanol–water partition coefficient (Wildman–Crippen LogP) is 1.95. The molecule has 2 aromatic rings. The summed E-state index contributed by atoms with van der Waals surface area (Å²) in [5, 5.41) is 18.3. The fourth-order valence-electron chi connectivity index (χ4n) is 2.73. The Morgan fingerprint density at radius 1 is 1.04 bits per heavy atom. The third-order valence-electron chi connectivity index (χ3n) is 3.82. The molecule has 1 aliphatic rings. The molecule has 1 heterocycles. The molecule has 1 aliphatic carbocycles. The molecular formula is C15H6N2O7S3. The van der Waals surface area contributed by atoms with Crippen LogP contribution in [0.5, 0.6) is 0 Å². The van der Waals surface area contributed by atoms with Gasteiger partial charge in [0, 0.05) is 26.8 Å². The minimum Gasteiger partial charge on any atom is -0.288 e. The number of hydrogen-bond acceptors (Lipinski definition) is 8. The van der Waals surface area contributed by atoms with Crippen molar-refractivity contribution in [3.05, 3.63) is 40.3 Å². The topological polar surface area (TPSA) is 173 Å². The molecule has 0 atom stereocenters. The summed E-state index contributed by atoms with van der Waals surface area (Å²) in [7, 11) is -10.1. The highest BCUT2D eigenvalue weighted by atomic mass is 32.2. The van der Waals surface area contributed by atoms with Gasteiger partial charge >= 0.3 is 0 Å². The summed E-state index contributed by atoms with van der Waals surface area (Å²) in [6.07, 6.45) is 0. The average Bonchev–Trinajstić information content (AvgIpc) is 3.03. The van der Waals surface area contributed by atoms with E-state index in [1.807, 2.05) is 0 Å². The van der Waals surface area contributed by atoms with Gasteiger partial charge < -0.3 is 0 Å². The Kier molecular flexibility index (Phi) is 4.07. The molecule has 0 aliphatic heterocycles. The molecule has 0 saturated carbocycles. The van der Waals surface area contributed by atoms with E-state index in [1.54, 1.807) is 12.1 Å². The van der Waals surface area contributed by atoms with Gasteiger partial charge in [0.15, 0.2) is 0 Å². The fraction of sp³-hybridized carbons (Fsp3) is 0. The number of nitrogens with zero attached hydrogens (tertiary/aromatic N) is 2. The van der Waals surface area contributed by atoms with Crippen molar-refractivity contribution in [1.82, 2.24) is 0 Å². The van der Waals surface area contributed by atoms with Gasteiger partial charge in [-0.15, -0.1) is 11.3 Å². The molecule has 0 amide bonds. The second kappa shape index (κ2) is 5.82. The number of allylic oxidation sites excluding steroid dienone is 3. The van der Waals surface area contributed by atoms with Gasteiger partial charge in [0.1, 0.15) is 27.5 Å². The van der Waals surface area contributed by atoms with Crippen molar-refractivity contribution >= 4 is 53.0 Å². The molecule has 12 heteroatoms. The summed E-state index contributed by atoms with van der Waals surface area (Å²) < 4.78 is 64.9. The zero-order chi connectivity index (χ0) is 20.3. The minimum atomic E-state index is -5.07. The van der Waals surface area contributed by atoms with E-state index in [9.17, 15) is 30.7 Å². The maximum absolute atomic E-state index is 12.4. The second-order valence-electron chi connectivity index (χ2n) is 5.33. The lowest BCUT2D eigenvalue weighted by molar-refractivity contribution is 0.104. The lowest BCUT2D eigenvalue weighted by atomic mass is 9.99. The zero-order valence-electron chi connectivity index (χ0n) is 12.9. The third-order valence-corrected chi connectivity index (χ3v) is 6.88. The van der Waals surface area contributed by atoms with Crippen LogP contribution in [0, 0.1) is 22.7 Å². The lowest BCUT2D eigenvalue weighted by Crippen LogP contribution is -2.08. The van der Waals surface area contributed by atoms with Crippen LogP contribution in [0.15, 0.2) is 39.6 Å². The highest BCUT2D eigenvalue weighted by molar-refractivity contribution is 7.89. The minimum absolute atomic E-state index is 0.0139. The molecular weight excluding hydrogens is 416 g/mol. The van der Waals surface area contributed by atoms with Crippen molar-refractivity contribution in [2.75, 3.05) is 0 Å². The fourth-order valence-corrected chi connectivity index (χ4v) is 5.79. The van der Waals surface area contributed by atoms with Gasteiger partial charge in [-0.1, -0.05) is 6.58 Å². The van der Waals surface area contributed by atoms with Crippen molar-refractivity contribution < 1.29 is 30.7 Å². The molecule has 0 fully saturated rings. The highest BCUT2D eigenvalue weighted by Gasteiger charge is 2.36. The Bertz CT molecular complexity index is 1400. The summed E-state index contributed by atoms with van der Waals surface area (Å²) in [5.74, 6) is -0.606. The Morgan fingerprint density at radius 2 is 1.56 bits per heavy atom. The summed E-state index contributed by atoms with van der Waals surface area (Å²) in [6, 6.07) is 4.81. The molecule has 0 unspecified atom stereocenters. The Balaban J connectivity index is 2.58. The number of ketones is 1. The van der Waals surface area contributed by atoms with Gasteiger partial charge in [-0.05, 0) is 12.1 Å². The first-order valence-electron chi connectivity index (χ1n) is 6.76. The van der Waals surface area contributed by atoms with E-state index >= 15 is 0 Å². The summed E-state index contributed by atoms with van der Waals surface area (Å²) >= 11 is 0.775. The van der Waals surface area contributed by atoms with Crippen LogP contribution < -0.4 is 0 Å². The number of fused-ring (bicyclic) bond motifs is 3. The molecule has 1 aromatic carbocycles. The van der Waals surface area contributed by atoms with Gasteiger partial charge in [-0.25, -0.2) is 0 Å². The Morgan fingerprint density at radius 3 is 2.04 bits per heavy atom. The standard InChI is InChI=1S/C15H6N2O7S3/c1-6-12(7(4-16)5-17)13-8-2-10(26(19,20)21)11(27(22,23)24)3-9(8)25-15(13)14(6)18/h2-3H,1H2,(H,19,20,21)(H,22,23,24). The molecule has 1 aromatic heterocycles. The van der Waals surface area contributed by atoms with Gasteiger partial charge in [0.25, 0.3) is 20.2 Å². The molecule has 136 valence electrons. The molecule has 0 bridgehead atoms. The van der Waals surface area contributed by atoms with Gasteiger partial charge in [-0.2, -0.15) is 27.4 Å². The number of nitriles is 2. The van der Waals surface area contributed by atoms with Crippen LogP contribution in [-0.4, -0.2) is 31.7 Å². The van der Waals surface area contributed by atoms with Crippen LogP contribution in [-0.2, 0) is 20.2 Å². The number of Topliss-reactive ketones (excluding diaryl/α,β-unsaturated/α-hetero) is 1. The average molecular weight is 422 g/mol. The van der Waals surface area contributed by atoms with E-state index in [2.05, 4.69) is 6.58 Å². The first-order chi connectivity index (χ1) is 12.4. The number of carbonyl (C=O) groups excluding carboxylic acids is 1. The normalized spacial score (nSPS) is 14.1. The summed E-state index contributed by atoms with van der Waals surface area (Å²) in [4.78, 5) is 10.3. The third kappa shape index (κ3) is 2.76. The molecule has 3 rings (SSSR count). The van der Waals surface area contributed by atoms with Gasteiger partial charge in [0.05, 0.1) is 4.88 Å². The maximum atomic E-state index is 12.4. The van der Waals surface area contributed by atoms with Crippen molar-refractivity contribution in [1.29, 1.82) is 10.5 Å². The van der Waals surface area contributed by atoms with Crippen LogP contribution in [0.4, 0.5) is 0 Å². The summed E-state index contributed by atoms with van der Waals surface area (Å²) in [5.41, 5.74) is -0.607. The molecule has 0 saturated heterocycles. The van der Waals surface area contributed by atoms with Crippen LogP contribution in [0.2, 0.25) is 0 Å². The highest BCUT2D eigenvalue weighted by Crippen LogP contribution is 2.48. The van der Waals surface area contributed by atoms with Crippen molar-refractivity contribution in [2.24, 2.45) is 0 Å². The zero-order valence-corrected chi connectivity index (χ0v) is 15.4. The van der Waals surface area contributed by atoms with Crippen LogP contribution in [0.3, 0.4) is 0 Å². The number of benzene rings is 1. The lowest BCUT2D eigenvalue weighted by Gasteiger charge is -2.07. The van der Waals surface area contributed by atoms with E-state index < -0.39 is 41.4 Å². The summed E-state index contributed by atoms with van der Waals surface area (Å²) in [6.45, 7) is 3.55.